The standard InChI is InChI=1S/C21H34O3/c1-12(22)16-6-7-17-15-5-4-13-10-14(23)8-9-20(13,2)19(15)18(24)11-21(16,17)3/h13-19,23-24H,4-11H2,1-3H3/t13?,14?,15-,16+,17-,18+,19+,20-,21+/m0/s1. The fraction of sp³-hybridized carbons (Fsp3) is 0.952. The van der Waals surface area contributed by atoms with E-state index in [9.17, 15) is 15.0 Å². The predicted octanol–water partition coefficient (Wildman–Crippen LogP) is 3.57. The SMILES string of the molecule is CC(=O)[C@H]1CC[C@H]2[C@@H]3CCC4CC(O)CC[C@]4(C)[C@H]3[C@H](O)C[C@]12C. The normalized spacial score (nSPS) is 57.0. The van der Waals surface area contributed by atoms with Crippen molar-refractivity contribution in [2.45, 2.75) is 84.3 Å². The Morgan fingerprint density at radius 2 is 1.75 bits per heavy atom. The van der Waals surface area contributed by atoms with Crippen LogP contribution in [0.15, 0.2) is 0 Å². The number of aliphatic hydroxyl groups is 2. The van der Waals surface area contributed by atoms with Crippen molar-refractivity contribution in [1.82, 2.24) is 0 Å². The van der Waals surface area contributed by atoms with E-state index in [2.05, 4.69) is 13.8 Å². The maximum atomic E-state index is 12.2. The monoisotopic (exact) mass is 334 g/mol. The second-order valence-electron chi connectivity index (χ2n) is 10.0. The predicted molar refractivity (Wildman–Crippen MR) is 93.3 cm³/mol. The number of carbonyl (C=O) groups is 1. The van der Waals surface area contributed by atoms with E-state index < -0.39 is 0 Å². The molecule has 3 heteroatoms. The molecule has 4 saturated carbocycles. The number of hydrogen-bond donors (Lipinski definition) is 2. The van der Waals surface area contributed by atoms with Gasteiger partial charge in [-0.25, -0.2) is 0 Å². The van der Waals surface area contributed by atoms with Gasteiger partial charge in [-0.05, 0) is 92.8 Å². The zero-order chi connectivity index (χ0) is 17.3. The van der Waals surface area contributed by atoms with Gasteiger partial charge in [0.05, 0.1) is 12.2 Å². The molecular formula is C21H34O3. The molecule has 0 aromatic carbocycles. The number of ketones is 1. The van der Waals surface area contributed by atoms with Gasteiger partial charge in [0.2, 0.25) is 0 Å². The molecule has 0 aromatic rings. The van der Waals surface area contributed by atoms with Crippen LogP contribution in [0.25, 0.3) is 0 Å². The van der Waals surface area contributed by atoms with Gasteiger partial charge in [0.25, 0.3) is 0 Å². The van der Waals surface area contributed by atoms with E-state index in [0.29, 0.717) is 29.5 Å². The van der Waals surface area contributed by atoms with Crippen LogP contribution in [0.1, 0.15) is 72.1 Å². The largest absolute Gasteiger partial charge is 0.393 e. The molecule has 0 amide bonds. The van der Waals surface area contributed by atoms with Crippen LogP contribution < -0.4 is 0 Å². The Morgan fingerprint density at radius 3 is 2.46 bits per heavy atom. The molecular weight excluding hydrogens is 300 g/mol. The highest BCUT2D eigenvalue weighted by molar-refractivity contribution is 5.79. The lowest BCUT2D eigenvalue weighted by Crippen LogP contribution is -2.59. The Kier molecular flexibility index (Phi) is 3.93. The molecule has 4 aliphatic carbocycles. The molecule has 0 bridgehead atoms. The van der Waals surface area contributed by atoms with Crippen LogP contribution in [0.3, 0.4) is 0 Å². The number of aliphatic hydroxyl groups excluding tert-OH is 2. The Labute approximate surface area is 146 Å². The Hall–Kier alpha value is -0.410. The number of fused-ring (bicyclic) bond motifs is 5. The summed E-state index contributed by atoms with van der Waals surface area (Å²) in [6, 6.07) is 0. The molecule has 0 radical (unpaired) electrons. The van der Waals surface area contributed by atoms with Gasteiger partial charge in [0.1, 0.15) is 5.78 Å². The minimum atomic E-state index is -0.278. The lowest BCUT2D eigenvalue weighted by molar-refractivity contribution is -0.178. The van der Waals surface area contributed by atoms with E-state index in [1.807, 2.05) is 0 Å². The molecule has 24 heavy (non-hydrogen) atoms. The lowest BCUT2D eigenvalue weighted by atomic mass is 9.44. The van der Waals surface area contributed by atoms with E-state index >= 15 is 0 Å². The van der Waals surface area contributed by atoms with Gasteiger partial charge < -0.3 is 10.2 Å². The molecule has 9 atom stereocenters. The highest BCUT2D eigenvalue weighted by atomic mass is 16.3. The molecule has 0 saturated heterocycles. The van der Waals surface area contributed by atoms with Gasteiger partial charge in [-0.15, -0.1) is 0 Å². The second-order valence-corrected chi connectivity index (χ2v) is 10.0. The van der Waals surface area contributed by atoms with Crippen LogP contribution in [-0.4, -0.2) is 28.2 Å². The molecule has 4 fully saturated rings. The van der Waals surface area contributed by atoms with Gasteiger partial charge in [0.15, 0.2) is 0 Å². The fourth-order valence-electron chi connectivity index (χ4n) is 8.03. The summed E-state index contributed by atoms with van der Waals surface area (Å²) in [6.45, 7) is 6.43. The van der Waals surface area contributed by atoms with Crippen LogP contribution >= 0.6 is 0 Å². The average Bonchev–Trinajstić information content (AvgIpc) is 2.84. The summed E-state index contributed by atoms with van der Waals surface area (Å²) in [5, 5.41) is 21.3. The summed E-state index contributed by atoms with van der Waals surface area (Å²) < 4.78 is 0. The maximum Gasteiger partial charge on any atom is 0.133 e. The van der Waals surface area contributed by atoms with Gasteiger partial charge in [-0.1, -0.05) is 13.8 Å². The average molecular weight is 335 g/mol. The highest BCUT2D eigenvalue weighted by Crippen LogP contribution is 2.67. The summed E-state index contributed by atoms with van der Waals surface area (Å²) in [4.78, 5) is 12.2. The van der Waals surface area contributed by atoms with Crippen molar-refractivity contribution in [1.29, 1.82) is 0 Å². The van der Waals surface area contributed by atoms with E-state index in [4.69, 9.17) is 0 Å². The van der Waals surface area contributed by atoms with Crippen LogP contribution in [0.4, 0.5) is 0 Å². The summed E-state index contributed by atoms with van der Waals surface area (Å²) in [7, 11) is 0. The fourth-order valence-corrected chi connectivity index (χ4v) is 8.03. The van der Waals surface area contributed by atoms with Crippen molar-refractivity contribution >= 4 is 5.78 Å². The molecule has 2 unspecified atom stereocenters. The van der Waals surface area contributed by atoms with Crippen molar-refractivity contribution < 1.29 is 15.0 Å². The molecule has 0 heterocycles. The molecule has 136 valence electrons. The van der Waals surface area contributed by atoms with E-state index in [-0.39, 0.29) is 29.0 Å². The van der Waals surface area contributed by atoms with Gasteiger partial charge >= 0.3 is 0 Å². The minimum Gasteiger partial charge on any atom is -0.393 e. The van der Waals surface area contributed by atoms with Crippen LogP contribution in [0.2, 0.25) is 0 Å². The van der Waals surface area contributed by atoms with Crippen molar-refractivity contribution in [2.24, 2.45) is 40.4 Å². The third kappa shape index (κ3) is 2.19. The van der Waals surface area contributed by atoms with Gasteiger partial charge in [-0.2, -0.15) is 0 Å². The molecule has 0 aliphatic heterocycles. The first-order valence-corrected chi connectivity index (χ1v) is 10.1. The zero-order valence-electron chi connectivity index (χ0n) is 15.5. The molecule has 3 nitrogen and oxygen atoms in total. The topological polar surface area (TPSA) is 57.5 Å². The summed E-state index contributed by atoms with van der Waals surface area (Å²) in [6.07, 6.45) is 7.80. The quantitative estimate of drug-likeness (QED) is 0.771. The summed E-state index contributed by atoms with van der Waals surface area (Å²) >= 11 is 0. The molecule has 4 aliphatic rings. The smallest absolute Gasteiger partial charge is 0.133 e. The lowest BCUT2D eigenvalue weighted by Gasteiger charge is -2.62. The Morgan fingerprint density at radius 1 is 1.00 bits per heavy atom. The number of carbonyl (C=O) groups excluding carboxylic acids is 1. The summed E-state index contributed by atoms with van der Waals surface area (Å²) in [5.41, 5.74) is 0.182. The van der Waals surface area contributed by atoms with E-state index in [1.165, 1.54) is 12.8 Å². The van der Waals surface area contributed by atoms with Gasteiger partial charge in [-0.3, -0.25) is 4.79 Å². The third-order valence-corrected chi connectivity index (χ3v) is 9.06. The first-order valence-electron chi connectivity index (χ1n) is 10.1. The minimum absolute atomic E-state index is 0.00376. The van der Waals surface area contributed by atoms with Crippen LogP contribution in [0, 0.1) is 40.4 Å². The van der Waals surface area contributed by atoms with Crippen LogP contribution in [-0.2, 0) is 4.79 Å². The molecule has 0 spiro atoms. The number of rotatable bonds is 1. The molecule has 2 N–H and O–H groups in total. The van der Waals surface area contributed by atoms with Crippen molar-refractivity contribution in [3.63, 3.8) is 0 Å². The molecule has 0 aromatic heterocycles. The van der Waals surface area contributed by atoms with Crippen molar-refractivity contribution in [3.05, 3.63) is 0 Å². The third-order valence-electron chi connectivity index (χ3n) is 9.06. The van der Waals surface area contributed by atoms with Crippen LogP contribution in [0.5, 0.6) is 0 Å². The first kappa shape index (κ1) is 17.0. The highest BCUT2D eigenvalue weighted by Gasteiger charge is 2.63. The van der Waals surface area contributed by atoms with Crippen molar-refractivity contribution in [3.8, 4) is 0 Å². The van der Waals surface area contributed by atoms with E-state index in [0.717, 1.165) is 38.5 Å². The Balaban J connectivity index is 1.67. The first-order chi connectivity index (χ1) is 11.3. The number of hydrogen-bond acceptors (Lipinski definition) is 3. The molecule has 4 rings (SSSR count). The second kappa shape index (κ2) is 5.54. The number of Topliss-reactive ketones (excluding diaryl/α,β-unsaturated/α-hetero) is 1. The Bertz CT molecular complexity index is 531. The summed E-state index contributed by atoms with van der Waals surface area (Å²) in [5.74, 6) is 2.58. The van der Waals surface area contributed by atoms with Crippen molar-refractivity contribution in [2.75, 3.05) is 0 Å². The maximum absolute atomic E-state index is 12.2. The van der Waals surface area contributed by atoms with E-state index in [1.54, 1.807) is 6.92 Å². The zero-order valence-corrected chi connectivity index (χ0v) is 15.5. The van der Waals surface area contributed by atoms with Gasteiger partial charge in [0, 0.05) is 5.92 Å².